The Labute approximate surface area is 299 Å². The minimum Gasteiger partial charge on any atom is -0.493 e. The van der Waals surface area contributed by atoms with Crippen molar-refractivity contribution in [2.24, 2.45) is 5.92 Å². The molecule has 0 unspecified atom stereocenters. The first-order chi connectivity index (χ1) is 24.2. The highest BCUT2D eigenvalue weighted by molar-refractivity contribution is 5.86. The number of carbonyl (C=O) groups excluding carboxylic acids is 2. The van der Waals surface area contributed by atoms with Gasteiger partial charge in [0.25, 0.3) is 0 Å². The first-order valence-electron chi connectivity index (χ1n) is 18.5. The molecule has 50 heavy (non-hydrogen) atoms. The summed E-state index contributed by atoms with van der Waals surface area (Å²) in [5, 5.41) is 19.2. The van der Waals surface area contributed by atoms with E-state index in [1.165, 1.54) is 41.5 Å². The molecule has 0 atom stereocenters. The zero-order chi connectivity index (χ0) is 36.3. The highest BCUT2D eigenvalue weighted by atomic mass is 16.5. The lowest BCUT2D eigenvalue weighted by atomic mass is 9.89. The molecule has 0 aromatic heterocycles. The third-order valence-electron chi connectivity index (χ3n) is 9.00. The largest absolute Gasteiger partial charge is 0.493 e. The Bertz CT molecular complexity index is 1500. The van der Waals surface area contributed by atoms with Crippen molar-refractivity contribution in [3.05, 3.63) is 89.0 Å². The molecule has 0 fully saturated rings. The standard InChI is InChI=1S/C43H58O7/c1-6-9-10-13-32-16-18-35(19-17-32)36-20-21-40(34(7-2)26-36)39-27-37(14-11-23-48-41(46)8-3)42(49-25-22-33(29-44)30-45)38(28-39)15-12-24-50-43(47)31(4)5/h16-21,26-28,33,44-45H,4,6-15,22-25,29-30H2,1-3,5H3. The van der Waals surface area contributed by atoms with Gasteiger partial charge in [0.05, 0.1) is 19.8 Å². The number of ether oxygens (including phenoxy) is 3. The number of carbonyl (C=O) groups is 2. The topological polar surface area (TPSA) is 102 Å². The van der Waals surface area contributed by atoms with Crippen molar-refractivity contribution in [3.63, 3.8) is 0 Å². The molecular weight excluding hydrogens is 628 g/mol. The van der Waals surface area contributed by atoms with Gasteiger partial charge in [-0.1, -0.05) is 82.7 Å². The van der Waals surface area contributed by atoms with Gasteiger partial charge in [-0.05, 0) is 115 Å². The van der Waals surface area contributed by atoms with E-state index in [1.54, 1.807) is 13.8 Å². The Morgan fingerprint density at radius 1 is 0.720 bits per heavy atom. The molecule has 0 aliphatic carbocycles. The molecule has 0 spiro atoms. The lowest BCUT2D eigenvalue weighted by Crippen LogP contribution is -2.16. The quantitative estimate of drug-likeness (QED) is 0.0585. The maximum Gasteiger partial charge on any atom is 0.333 e. The van der Waals surface area contributed by atoms with E-state index in [9.17, 15) is 19.8 Å². The number of unbranched alkanes of at least 4 members (excludes halogenated alkanes) is 2. The molecule has 0 amide bonds. The van der Waals surface area contributed by atoms with Gasteiger partial charge in [-0.25, -0.2) is 4.79 Å². The number of rotatable bonds is 23. The van der Waals surface area contributed by atoms with Crippen LogP contribution in [0.25, 0.3) is 22.3 Å². The fourth-order valence-electron chi connectivity index (χ4n) is 5.93. The molecular formula is C43H58O7. The van der Waals surface area contributed by atoms with Crippen LogP contribution in [0.2, 0.25) is 0 Å². The van der Waals surface area contributed by atoms with Gasteiger partial charge in [0.1, 0.15) is 5.75 Å². The second-order valence-electron chi connectivity index (χ2n) is 13.1. The summed E-state index contributed by atoms with van der Waals surface area (Å²) in [5.41, 5.74) is 9.57. The zero-order valence-corrected chi connectivity index (χ0v) is 30.7. The molecule has 0 saturated carbocycles. The van der Waals surface area contributed by atoms with E-state index in [0.717, 1.165) is 40.8 Å². The molecule has 3 aromatic carbocycles. The van der Waals surface area contributed by atoms with Crippen molar-refractivity contribution in [1.82, 2.24) is 0 Å². The van der Waals surface area contributed by atoms with Gasteiger partial charge in [0, 0.05) is 31.1 Å². The Kier molecular flexibility index (Phi) is 17.8. The van der Waals surface area contributed by atoms with Gasteiger partial charge >= 0.3 is 11.9 Å². The highest BCUT2D eigenvalue weighted by Crippen LogP contribution is 2.36. The van der Waals surface area contributed by atoms with Crippen LogP contribution < -0.4 is 4.74 Å². The summed E-state index contributed by atoms with van der Waals surface area (Å²) in [5.74, 6) is -0.141. The van der Waals surface area contributed by atoms with E-state index in [4.69, 9.17) is 14.2 Å². The van der Waals surface area contributed by atoms with Crippen molar-refractivity contribution in [3.8, 4) is 28.0 Å². The summed E-state index contributed by atoms with van der Waals surface area (Å²) in [6.45, 7) is 12.2. The SMILES string of the molecule is C=C(C)C(=O)OCCCc1cc(-c2ccc(-c3ccc(CCCCC)cc3)cc2CC)cc(CCCOC(=O)CC)c1OCCC(CO)CO. The van der Waals surface area contributed by atoms with E-state index in [-0.39, 0.29) is 31.7 Å². The number of aliphatic hydroxyl groups is 2. The molecule has 0 aliphatic heterocycles. The average molecular weight is 687 g/mol. The van der Waals surface area contributed by atoms with Crippen molar-refractivity contribution < 1.29 is 34.0 Å². The predicted octanol–water partition coefficient (Wildman–Crippen LogP) is 8.62. The fourth-order valence-corrected chi connectivity index (χ4v) is 5.93. The summed E-state index contributed by atoms with van der Waals surface area (Å²) in [4.78, 5) is 23.9. The number of esters is 2. The van der Waals surface area contributed by atoms with Crippen LogP contribution in [0.15, 0.2) is 66.7 Å². The molecule has 3 aromatic rings. The van der Waals surface area contributed by atoms with Crippen LogP contribution in [-0.4, -0.2) is 55.2 Å². The second-order valence-corrected chi connectivity index (χ2v) is 13.1. The first-order valence-corrected chi connectivity index (χ1v) is 18.5. The van der Waals surface area contributed by atoms with Gasteiger partial charge in [0.2, 0.25) is 0 Å². The number of hydrogen-bond acceptors (Lipinski definition) is 7. The second kappa shape index (κ2) is 22.0. The Morgan fingerprint density at radius 2 is 1.34 bits per heavy atom. The summed E-state index contributed by atoms with van der Waals surface area (Å²) in [6.07, 6.45) is 8.95. The Hall–Kier alpha value is -3.94. The molecule has 0 aliphatic rings. The summed E-state index contributed by atoms with van der Waals surface area (Å²) in [6, 6.07) is 20.0. The van der Waals surface area contributed by atoms with Crippen LogP contribution in [0.3, 0.4) is 0 Å². The summed E-state index contributed by atoms with van der Waals surface area (Å²) < 4.78 is 17.2. The monoisotopic (exact) mass is 686 g/mol. The molecule has 0 radical (unpaired) electrons. The molecule has 272 valence electrons. The van der Waals surface area contributed by atoms with Gasteiger partial charge < -0.3 is 24.4 Å². The summed E-state index contributed by atoms with van der Waals surface area (Å²) in [7, 11) is 0. The van der Waals surface area contributed by atoms with Gasteiger partial charge in [0.15, 0.2) is 0 Å². The van der Waals surface area contributed by atoms with E-state index >= 15 is 0 Å². The van der Waals surface area contributed by atoms with E-state index in [2.05, 4.69) is 75.0 Å². The minimum absolute atomic E-state index is 0.117. The van der Waals surface area contributed by atoms with Crippen molar-refractivity contribution in [1.29, 1.82) is 0 Å². The van der Waals surface area contributed by atoms with E-state index in [1.807, 2.05) is 0 Å². The van der Waals surface area contributed by atoms with Crippen LogP contribution in [0.5, 0.6) is 5.75 Å². The van der Waals surface area contributed by atoms with Crippen molar-refractivity contribution in [2.45, 2.75) is 98.3 Å². The first kappa shape index (κ1) is 40.5. The third kappa shape index (κ3) is 12.7. The maximum absolute atomic E-state index is 12.0. The van der Waals surface area contributed by atoms with Crippen LogP contribution >= 0.6 is 0 Å². The number of aryl methyl sites for hydroxylation is 4. The molecule has 2 N–H and O–H groups in total. The van der Waals surface area contributed by atoms with Crippen molar-refractivity contribution >= 4 is 11.9 Å². The molecule has 7 heteroatoms. The average Bonchev–Trinajstić information content (AvgIpc) is 3.13. The van der Waals surface area contributed by atoms with Crippen LogP contribution in [0.4, 0.5) is 0 Å². The lowest BCUT2D eigenvalue weighted by molar-refractivity contribution is -0.143. The minimum atomic E-state index is -0.407. The molecule has 3 rings (SSSR count). The Morgan fingerprint density at radius 3 is 1.92 bits per heavy atom. The molecule has 0 heterocycles. The van der Waals surface area contributed by atoms with Gasteiger partial charge in [-0.3, -0.25) is 4.79 Å². The van der Waals surface area contributed by atoms with Crippen molar-refractivity contribution in [2.75, 3.05) is 33.0 Å². The zero-order valence-electron chi connectivity index (χ0n) is 30.7. The number of hydrogen-bond donors (Lipinski definition) is 2. The van der Waals surface area contributed by atoms with Gasteiger partial charge in [-0.15, -0.1) is 0 Å². The highest BCUT2D eigenvalue weighted by Gasteiger charge is 2.18. The predicted molar refractivity (Wildman–Crippen MR) is 201 cm³/mol. The normalized spacial score (nSPS) is 11.1. The van der Waals surface area contributed by atoms with Crippen LogP contribution in [-0.2, 0) is 44.7 Å². The van der Waals surface area contributed by atoms with E-state index < -0.39 is 5.97 Å². The number of aliphatic hydroxyl groups excluding tert-OH is 2. The van der Waals surface area contributed by atoms with Crippen LogP contribution in [0, 0.1) is 5.92 Å². The maximum atomic E-state index is 12.0. The fraction of sp³-hybridized carbons (Fsp3) is 0.488. The molecule has 0 saturated heterocycles. The number of benzene rings is 3. The smallest absolute Gasteiger partial charge is 0.333 e. The third-order valence-corrected chi connectivity index (χ3v) is 9.00. The lowest BCUT2D eigenvalue weighted by Gasteiger charge is -2.21. The molecule has 0 bridgehead atoms. The molecule has 7 nitrogen and oxygen atoms in total. The van der Waals surface area contributed by atoms with Gasteiger partial charge in [-0.2, -0.15) is 0 Å². The van der Waals surface area contributed by atoms with E-state index in [0.29, 0.717) is 57.3 Å². The Balaban J connectivity index is 2.00. The summed E-state index contributed by atoms with van der Waals surface area (Å²) >= 11 is 0. The van der Waals surface area contributed by atoms with Crippen LogP contribution in [0.1, 0.15) is 94.9 Å².